The molecule has 1 N–H and O–H groups in total. The highest BCUT2D eigenvalue weighted by atomic mass is 32.2. The van der Waals surface area contributed by atoms with Gasteiger partial charge in [0.25, 0.3) is 0 Å². The van der Waals surface area contributed by atoms with E-state index >= 15 is 0 Å². The average Bonchev–Trinajstić information content (AvgIpc) is 2.44. The third kappa shape index (κ3) is 3.07. The Bertz CT molecular complexity index is 167. The lowest BCUT2D eigenvalue weighted by molar-refractivity contribution is 0.371. The van der Waals surface area contributed by atoms with Gasteiger partial charge in [-0.1, -0.05) is 6.92 Å². The van der Waals surface area contributed by atoms with Gasteiger partial charge in [-0.2, -0.15) is 23.5 Å². The zero-order valence-corrected chi connectivity index (χ0v) is 10.6. The molecule has 3 heteroatoms. The molecule has 3 atom stereocenters. The molecule has 0 radical (unpaired) electrons. The third-order valence-electron chi connectivity index (χ3n) is 3.27. The first-order chi connectivity index (χ1) is 6.86. The first-order valence-corrected chi connectivity index (χ1v) is 8.09. The molecule has 82 valence electrons. The van der Waals surface area contributed by atoms with Crippen molar-refractivity contribution < 1.29 is 0 Å². The van der Waals surface area contributed by atoms with Crippen LogP contribution in [0.3, 0.4) is 0 Å². The molecule has 2 aliphatic heterocycles. The molecule has 0 aliphatic carbocycles. The van der Waals surface area contributed by atoms with Crippen molar-refractivity contribution in [2.75, 3.05) is 23.0 Å². The van der Waals surface area contributed by atoms with Crippen molar-refractivity contribution in [3.05, 3.63) is 0 Å². The van der Waals surface area contributed by atoms with Gasteiger partial charge in [-0.05, 0) is 42.4 Å². The van der Waals surface area contributed by atoms with Crippen LogP contribution in [0.4, 0.5) is 0 Å². The minimum atomic E-state index is 0.799. The van der Waals surface area contributed by atoms with Gasteiger partial charge in [0.05, 0.1) is 0 Å². The van der Waals surface area contributed by atoms with E-state index in [2.05, 4.69) is 35.8 Å². The van der Waals surface area contributed by atoms with Crippen molar-refractivity contribution in [3.63, 3.8) is 0 Å². The Balaban J connectivity index is 1.77. The lowest BCUT2D eigenvalue weighted by Gasteiger charge is -2.23. The standard InChI is InChI=1S/C11H21NS2/c1-9-7-14-8-11(9)12-10-3-2-5-13-6-4-10/h9-12H,2-8H2,1H3. The van der Waals surface area contributed by atoms with Crippen molar-refractivity contribution in [2.24, 2.45) is 5.92 Å². The summed E-state index contributed by atoms with van der Waals surface area (Å²) in [5, 5.41) is 3.87. The van der Waals surface area contributed by atoms with Gasteiger partial charge in [0.15, 0.2) is 0 Å². The third-order valence-corrected chi connectivity index (χ3v) is 5.72. The fourth-order valence-electron chi connectivity index (χ4n) is 2.25. The molecule has 2 heterocycles. The zero-order valence-electron chi connectivity index (χ0n) is 9.00. The summed E-state index contributed by atoms with van der Waals surface area (Å²) in [6.07, 6.45) is 4.20. The molecule has 0 aromatic heterocycles. The number of thioether (sulfide) groups is 2. The number of hydrogen-bond donors (Lipinski definition) is 1. The Morgan fingerprint density at radius 1 is 1.07 bits per heavy atom. The van der Waals surface area contributed by atoms with Crippen LogP contribution < -0.4 is 5.32 Å². The molecule has 1 nitrogen and oxygen atoms in total. The molecule has 2 rings (SSSR count). The van der Waals surface area contributed by atoms with Gasteiger partial charge in [0, 0.05) is 17.8 Å². The van der Waals surface area contributed by atoms with Crippen LogP contribution in [0.25, 0.3) is 0 Å². The molecule has 0 aromatic rings. The average molecular weight is 231 g/mol. The van der Waals surface area contributed by atoms with Crippen molar-refractivity contribution in [1.82, 2.24) is 5.32 Å². The zero-order chi connectivity index (χ0) is 9.80. The molecule has 0 aromatic carbocycles. The molecule has 3 unspecified atom stereocenters. The second-order valence-corrected chi connectivity index (χ2v) is 6.83. The Morgan fingerprint density at radius 2 is 2.00 bits per heavy atom. The smallest absolute Gasteiger partial charge is 0.0194 e. The van der Waals surface area contributed by atoms with Crippen LogP contribution in [0.5, 0.6) is 0 Å². The van der Waals surface area contributed by atoms with E-state index in [0.29, 0.717) is 0 Å². The Kier molecular flexibility index (Phi) is 4.51. The van der Waals surface area contributed by atoms with Crippen LogP contribution in [0.15, 0.2) is 0 Å². The van der Waals surface area contributed by atoms with E-state index in [0.717, 1.165) is 18.0 Å². The maximum atomic E-state index is 3.87. The van der Waals surface area contributed by atoms with E-state index in [4.69, 9.17) is 0 Å². The second kappa shape index (κ2) is 5.66. The molecule has 0 spiro atoms. The SMILES string of the molecule is CC1CSCC1NC1CCCSCC1. The van der Waals surface area contributed by atoms with Gasteiger partial charge < -0.3 is 5.32 Å². The normalized spacial score (nSPS) is 39.6. The van der Waals surface area contributed by atoms with E-state index < -0.39 is 0 Å². The summed E-state index contributed by atoms with van der Waals surface area (Å²) in [6, 6.07) is 1.62. The lowest BCUT2D eigenvalue weighted by atomic mass is 10.0. The highest BCUT2D eigenvalue weighted by Crippen LogP contribution is 2.25. The summed E-state index contributed by atoms with van der Waals surface area (Å²) in [5.41, 5.74) is 0. The predicted molar refractivity (Wildman–Crippen MR) is 68.4 cm³/mol. The Morgan fingerprint density at radius 3 is 2.79 bits per heavy atom. The van der Waals surface area contributed by atoms with Crippen LogP contribution in [-0.4, -0.2) is 35.1 Å². The van der Waals surface area contributed by atoms with Gasteiger partial charge in [-0.15, -0.1) is 0 Å². The van der Waals surface area contributed by atoms with Crippen molar-refractivity contribution in [1.29, 1.82) is 0 Å². The summed E-state index contributed by atoms with van der Waals surface area (Å²) in [4.78, 5) is 0. The number of hydrogen-bond acceptors (Lipinski definition) is 3. The van der Waals surface area contributed by atoms with E-state index in [1.807, 2.05) is 0 Å². The van der Waals surface area contributed by atoms with Gasteiger partial charge in [-0.25, -0.2) is 0 Å². The summed E-state index contributed by atoms with van der Waals surface area (Å²) < 4.78 is 0. The largest absolute Gasteiger partial charge is 0.310 e. The first kappa shape index (κ1) is 11.2. The molecule has 2 saturated heterocycles. The predicted octanol–water partition coefficient (Wildman–Crippen LogP) is 2.61. The molecule has 2 aliphatic rings. The summed E-state index contributed by atoms with van der Waals surface area (Å²) in [7, 11) is 0. The van der Waals surface area contributed by atoms with Gasteiger partial charge in [-0.3, -0.25) is 0 Å². The molecule has 2 fully saturated rings. The Labute approximate surface area is 96.2 Å². The van der Waals surface area contributed by atoms with Gasteiger partial charge >= 0.3 is 0 Å². The van der Waals surface area contributed by atoms with Crippen molar-refractivity contribution in [2.45, 2.75) is 38.3 Å². The fourth-order valence-corrected chi connectivity index (χ4v) is 4.69. The van der Waals surface area contributed by atoms with Crippen LogP contribution >= 0.6 is 23.5 Å². The quantitative estimate of drug-likeness (QED) is 0.784. The van der Waals surface area contributed by atoms with Gasteiger partial charge in [0.1, 0.15) is 0 Å². The van der Waals surface area contributed by atoms with Crippen LogP contribution in [-0.2, 0) is 0 Å². The molecule has 0 amide bonds. The summed E-state index contributed by atoms with van der Waals surface area (Å²) in [5.74, 6) is 6.33. The van der Waals surface area contributed by atoms with Crippen molar-refractivity contribution in [3.8, 4) is 0 Å². The van der Waals surface area contributed by atoms with Crippen LogP contribution in [0.1, 0.15) is 26.2 Å². The van der Waals surface area contributed by atoms with Gasteiger partial charge in [0.2, 0.25) is 0 Å². The summed E-state index contributed by atoms with van der Waals surface area (Å²) in [6.45, 7) is 2.39. The molecular weight excluding hydrogens is 210 g/mol. The fraction of sp³-hybridized carbons (Fsp3) is 1.00. The second-order valence-electron chi connectivity index (χ2n) is 4.53. The Hall–Kier alpha value is 0.660. The van der Waals surface area contributed by atoms with E-state index in [9.17, 15) is 0 Å². The summed E-state index contributed by atoms with van der Waals surface area (Å²) >= 11 is 4.25. The van der Waals surface area contributed by atoms with E-state index in [1.54, 1.807) is 0 Å². The minimum Gasteiger partial charge on any atom is -0.310 e. The molecule has 14 heavy (non-hydrogen) atoms. The molecular formula is C11H21NS2. The number of nitrogens with one attached hydrogen (secondary N) is 1. The number of rotatable bonds is 2. The highest BCUT2D eigenvalue weighted by Gasteiger charge is 2.26. The van der Waals surface area contributed by atoms with Crippen molar-refractivity contribution >= 4 is 23.5 Å². The topological polar surface area (TPSA) is 12.0 Å². The van der Waals surface area contributed by atoms with Crippen LogP contribution in [0.2, 0.25) is 0 Å². The molecule has 0 bridgehead atoms. The minimum absolute atomic E-state index is 0.799. The monoisotopic (exact) mass is 231 g/mol. The highest BCUT2D eigenvalue weighted by molar-refractivity contribution is 7.99. The lowest BCUT2D eigenvalue weighted by Crippen LogP contribution is -2.41. The van der Waals surface area contributed by atoms with E-state index in [-0.39, 0.29) is 0 Å². The van der Waals surface area contributed by atoms with E-state index in [1.165, 1.54) is 42.3 Å². The molecule has 0 saturated carbocycles. The first-order valence-electron chi connectivity index (χ1n) is 5.78. The van der Waals surface area contributed by atoms with Crippen LogP contribution in [0, 0.1) is 5.92 Å². The maximum Gasteiger partial charge on any atom is 0.0194 e. The maximum absolute atomic E-state index is 3.87.